The van der Waals surface area contributed by atoms with Crippen molar-refractivity contribution in [3.8, 4) is 28.2 Å². The number of benzene rings is 2. The maximum absolute atomic E-state index is 6.17. The second-order valence-electron chi connectivity index (χ2n) is 5.93. The van der Waals surface area contributed by atoms with Crippen LogP contribution in [0.25, 0.3) is 33.6 Å². The van der Waals surface area contributed by atoms with E-state index in [2.05, 4.69) is 41.2 Å². The molecule has 136 valence electrons. The van der Waals surface area contributed by atoms with E-state index in [0.29, 0.717) is 11.5 Å². The molecule has 0 saturated heterocycles. The van der Waals surface area contributed by atoms with E-state index in [1.54, 1.807) is 18.9 Å². The van der Waals surface area contributed by atoms with Gasteiger partial charge in [0.15, 0.2) is 0 Å². The van der Waals surface area contributed by atoms with Crippen LogP contribution in [-0.4, -0.2) is 22.8 Å². The monoisotopic (exact) mass is 377 g/mol. The summed E-state index contributed by atoms with van der Waals surface area (Å²) in [5.74, 6) is 2.95. The Bertz CT molecular complexity index is 1070. The van der Waals surface area contributed by atoms with E-state index in [1.807, 2.05) is 24.3 Å². The third-order valence-corrected chi connectivity index (χ3v) is 5.22. The SMILES string of the molecule is CCSc1ccc(-c2c(-c3ccc(OC)cc3)oc3ncnc(N)c23)cc1. The van der Waals surface area contributed by atoms with Gasteiger partial charge in [-0.05, 0) is 47.7 Å². The molecule has 2 aromatic heterocycles. The standard InChI is InChI=1S/C21H19N3O2S/c1-3-27-16-10-6-13(7-11-16)17-18-20(22)23-12-24-21(18)26-19(17)14-4-8-15(25-2)9-5-14/h4-12H,3H2,1-2H3,(H2,22,23,24). The highest BCUT2D eigenvalue weighted by atomic mass is 32.2. The van der Waals surface area contributed by atoms with Gasteiger partial charge in [-0.25, -0.2) is 9.97 Å². The molecule has 5 nitrogen and oxygen atoms in total. The molecule has 0 saturated carbocycles. The number of hydrogen-bond acceptors (Lipinski definition) is 6. The number of nitrogens with zero attached hydrogens (tertiary/aromatic N) is 2. The zero-order valence-electron chi connectivity index (χ0n) is 15.1. The van der Waals surface area contributed by atoms with Gasteiger partial charge in [-0.1, -0.05) is 19.1 Å². The molecule has 0 aliphatic heterocycles. The first-order valence-electron chi connectivity index (χ1n) is 8.62. The van der Waals surface area contributed by atoms with Crippen LogP contribution >= 0.6 is 11.8 Å². The van der Waals surface area contributed by atoms with Gasteiger partial charge in [0.25, 0.3) is 0 Å². The summed E-state index contributed by atoms with van der Waals surface area (Å²) in [6, 6.07) is 16.1. The third kappa shape index (κ3) is 3.24. The Morgan fingerprint density at radius 2 is 1.70 bits per heavy atom. The number of nitrogen functional groups attached to an aromatic ring is 1. The van der Waals surface area contributed by atoms with E-state index in [1.165, 1.54) is 11.2 Å². The number of thioether (sulfide) groups is 1. The first kappa shape index (κ1) is 17.4. The summed E-state index contributed by atoms with van der Waals surface area (Å²) in [4.78, 5) is 9.65. The van der Waals surface area contributed by atoms with Crippen molar-refractivity contribution in [2.75, 3.05) is 18.6 Å². The highest BCUT2D eigenvalue weighted by molar-refractivity contribution is 7.99. The fraction of sp³-hybridized carbons (Fsp3) is 0.143. The van der Waals surface area contributed by atoms with Crippen LogP contribution in [0.15, 0.2) is 64.2 Å². The molecule has 0 atom stereocenters. The summed E-state index contributed by atoms with van der Waals surface area (Å²) in [5, 5.41) is 0.735. The number of ether oxygens (including phenoxy) is 1. The van der Waals surface area contributed by atoms with Crippen molar-refractivity contribution in [2.24, 2.45) is 0 Å². The van der Waals surface area contributed by atoms with Gasteiger partial charge >= 0.3 is 0 Å². The molecule has 0 fully saturated rings. The van der Waals surface area contributed by atoms with Crippen molar-refractivity contribution in [1.82, 2.24) is 9.97 Å². The smallest absolute Gasteiger partial charge is 0.232 e. The van der Waals surface area contributed by atoms with Crippen molar-refractivity contribution in [1.29, 1.82) is 0 Å². The molecule has 4 aromatic rings. The van der Waals surface area contributed by atoms with Crippen LogP contribution in [0.4, 0.5) is 5.82 Å². The number of aromatic nitrogens is 2. The average Bonchev–Trinajstić information content (AvgIpc) is 3.10. The zero-order valence-corrected chi connectivity index (χ0v) is 15.9. The summed E-state index contributed by atoms with van der Waals surface area (Å²) in [5.41, 5.74) is 9.50. The molecular formula is C21H19N3O2S. The Kier molecular flexibility index (Phi) is 4.73. The molecular weight excluding hydrogens is 358 g/mol. The first-order valence-corrected chi connectivity index (χ1v) is 9.60. The lowest BCUT2D eigenvalue weighted by Gasteiger charge is -2.07. The zero-order chi connectivity index (χ0) is 18.8. The van der Waals surface area contributed by atoms with E-state index in [9.17, 15) is 0 Å². The number of furan rings is 1. The topological polar surface area (TPSA) is 74.2 Å². The lowest BCUT2D eigenvalue weighted by Crippen LogP contribution is -1.92. The van der Waals surface area contributed by atoms with E-state index >= 15 is 0 Å². The molecule has 0 amide bonds. The third-order valence-electron chi connectivity index (χ3n) is 4.32. The van der Waals surface area contributed by atoms with Crippen LogP contribution in [0.2, 0.25) is 0 Å². The van der Waals surface area contributed by atoms with Gasteiger partial charge in [-0.2, -0.15) is 0 Å². The minimum Gasteiger partial charge on any atom is -0.497 e. The summed E-state index contributed by atoms with van der Waals surface area (Å²) in [6.07, 6.45) is 1.42. The van der Waals surface area contributed by atoms with Gasteiger partial charge < -0.3 is 14.9 Å². The van der Waals surface area contributed by atoms with Crippen LogP contribution < -0.4 is 10.5 Å². The minimum atomic E-state index is 0.408. The summed E-state index contributed by atoms with van der Waals surface area (Å²) < 4.78 is 11.4. The number of rotatable bonds is 5. The fourth-order valence-corrected chi connectivity index (χ4v) is 3.72. The van der Waals surface area contributed by atoms with Crippen molar-refractivity contribution in [3.63, 3.8) is 0 Å². The van der Waals surface area contributed by atoms with Crippen LogP contribution in [-0.2, 0) is 0 Å². The lowest BCUT2D eigenvalue weighted by molar-refractivity contribution is 0.415. The number of nitrogens with two attached hydrogens (primary N) is 1. The number of fused-ring (bicyclic) bond motifs is 1. The van der Waals surface area contributed by atoms with Crippen molar-refractivity contribution >= 4 is 28.7 Å². The van der Waals surface area contributed by atoms with Crippen molar-refractivity contribution in [3.05, 3.63) is 54.9 Å². The Hall–Kier alpha value is -2.99. The van der Waals surface area contributed by atoms with Gasteiger partial charge in [0.2, 0.25) is 5.71 Å². The largest absolute Gasteiger partial charge is 0.497 e. The molecule has 0 spiro atoms. The Morgan fingerprint density at radius 3 is 2.37 bits per heavy atom. The van der Waals surface area contributed by atoms with E-state index < -0.39 is 0 Å². The second-order valence-corrected chi connectivity index (χ2v) is 7.27. The lowest BCUT2D eigenvalue weighted by atomic mass is 9.99. The number of hydrogen-bond donors (Lipinski definition) is 1. The average molecular weight is 377 g/mol. The maximum Gasteiger partial charge on any atom is 0.232 e. The summed E-state index contributed by atoms with van der Waals surface area (Å²) in [6.45, 7) is 2.14. The minimum absolute atomic E-state index is 0.408. The highest BCUT2D eigenvalue weighted by Gasteiger charge is 2.21. The first-order chi connectivity index (χ1) is 13.2. The van der Waals surface area contributed by atoms with Crippen LogP contribution in [0.5, 0.6) is 5.75 Å². The second kappa shape index (κ2) is 7.32. The number of anilines is 1. The van der Waals surface area contributed by atoms with Gasteiger partial charge in [0, 0.05) is 16.0 Å². The van der Waals surface area contributed by atoms with E-state index in [4.69, 9.17) is 14.9 Å². The maximum atomic E-state index is 6.17. The Balaban J connectivity index is 1.93. The molecule has 0 bridgehead atoms. The Labute approximate surface area is 161 Å². The molecule has 27 heavy (non-hydrogen) atoms. The highest BCUT2D eigenvalue weighted by Crippen LogP contribution is 2.42. The van der Waals surface area contributed by atoms with E-state index in [0.717, 1.165) is 39.3 Å². The number of methoxy groups -OCH3 is 1. The Morgan fingerprint density at radius 1 is 1.00 bits per heavy atom. The molecule has 0 unspecified atom stereocenters. The molecule has 0 aliphatic rings. The fourth-order valence-electron chi connectivity index (χ4n) is 3.06. The van der Waals surface area contributed by atoms with Crippen LogP contribution in [0.3, 0.4) is 0 Å². The predicted molar refractivity (Wildman–Crippen MR) is 110 cm³/mol. The van der Waals surface area contributed by atoms with Crippen LogP contribution in [0, 0.1) is 0 Å². The molecule has 2 heterocycles. The van der Waals surface area contributed by atoms with Crippen molar-refractivity contribution < 1.29 is 9.15 Å². The van der Waals surface area contributed by atoms with Gasteiger partial charge in [0.1, 0.15) is 23.7 Å². The van der Waals surface area contributed by atoms with Gasteiger partial charge in [-0.3, -0.25) is 0 Å². The van der Waals surface area contributed by atoms with Crippen molar-refractivity contribution in [2.45, 2.75) is 11.8 Å². The molecule has 0 aliphatic carbocycles. The van der Waals surface area contributed by atoms with Gasteiger partial charge in [-0.15, -0.1) is 11.8 Å². The van der Waals surface area contributed by atoms with Gasteiger partial charge in [0.05, 0.1) is 12.5 Å². The molecule has 4 rings (SSSR count). The normalized spacial score (nSPS) is 11.0. The molecule has 2 aromatic carbocycles. The quantitative estimate of drug-likeness (QED) is 0.478. The predicted octanol–water partition coefficient (Wildman–Crippen LogP) is 5.26. The summed E-state index contributed by atoms with van der Waals surface area (Å²) >= 11 is 1.81. The van der Waals surface area contributed by atoms with Crippen LogP contribution in [0.1, 0.15) is 6.92 Å². The molecule has 2 N–H and O–H groups in total. The molecule has 6 heteroatoms. The van der Waals surface area contributed by atoms with E-state index in [-0.39, 0.29) is 0 Å². The summed E-state index contributed by atoms with van der Waals surface area (Å²) in [7, 11) is 1.65. The molecule has 0 radical (unpaired) electrons.